The maximum atomic E-state index is 11.0. The molecule has 0 saturated carbocycles. The fourth-order valence-corrected chi connectivity index (χ4v) is 2.79. The summed E-state index contributed by atoms with van der Waals surface area (Å²) in [4.78, 5) is 0. The lowest BCUT2D eigenvalue weighted by Crippen LogP contribution is -2.43. The van der Waals surface area contributed by atoms with Crippen LogP contribution >= 0.6 is 0 Å². The molecule has 2 aliphatic rings. The molecule has 4 nitrogen and oxygen atoms in total. The van der Waals surface area contributed by atoms with Gasteiger partial charge < -0.3 is 20.1 Å². The van der Waals surface area contributed by atoms with Crippen LogP contribution in [0, 0.1) is 5.92 Å². The molecule has 19 heavy (non-hydrogen) atoms. The normalized spacial score (nSPS) is 33.8. The van der Waals surface area contributed by atoms with E-state index in [1.807, 2.05) is 18.2 Å². The van der Waals surface area contributed by atoms with Crippen LogP contribution in [0.5, 0.6) is 0 Å². The summed E-state index contributed by atoms with van der Waals surface area (Å²) in [5.41, 5.74) is -0.675. The lowest BCUT2D eigenvalue weighted by atomic mass is 9.73. The van der Waals surface area contributed by atoms with Gasteiger partial charge >= 0.3 is 0 Å². The Morgan fingerprint density at radius 1 is 1.21 bits per heavy atom. The fraction of sp³-hybridized carbons (Fsp3) is 0.333. The number of rotatable bonds is 1. The van der Waals surface area contributed by atoms with Crippen LogP contribution in [0.2, 0.25) is 0 Å². The molecule has 0 radical (unpaired) electrons. The number of aliphatic hydroxyl groups is 3. The summed E-state index contributed by atoms with van der Waals surface area (Å²) in [6.45, 7) is 0.195. The molecule has 1 saturated heterocycles. The first-order chi connectivity index (χ1) is 9.09. The van der Waals surface area contributed by atoms with E-state index in [2.05, 4.69) is 0 Å². The second-order valence-corrected chi connectivity index (χ2v) is 5.06. The molecule has 0 amide bonds. The maximum absolute atomic E-state index is 11.0. The molecule has 4 heteroatoms. The van der Waals surface area contributed by atoms with E-state index in [1.54, 1.807) is 12.1 Å². The molecule has 1 heterocycles. The third kappa shape index (κ3) is 2.03. The van der Waals surface area contributed by atoms with Crippen molar-refractivity contribution in [3.05, 3.63) is 59.6 Å². The Morgan fingerprint density at radius 3 is 2.68 bits per heavy atom. The largest absolute Gasteiger partial charge is 0.508 e. The van der Waals surface area contributed by atoms with Gasteiger partial charge in [0.2, 0.25) is 0 Å². The first kappa shape index (κ1) is 12.3. The predicted molar refractivity (Wildman–Crippen MR) is 69.2 cm³/mol. The highest BCUT2D eigenvalue weighted by atomic mass is 16.5. The molecule has 0 spiro atoms. The first-order valence-electron chi connectivity index (χ1n) is 6.32. The molecular weight excluding hydrogens is 244 g/mol. The van der Waals surface area contributed by atoms with E-state index in [0.29, 0.717) is 17.7 Å². The van der Waals surface area contributed by atoms with E-state index in [-0.39, 0.29) is 18.3 Å². The Balaban J connectivity index is 2.06. The van der Waals surface area contributed by atoms with Crippen LogP contribution in [-0.2, 0) is 10.3 Å². The first-order valence-corrected chi connectivity index (χ1v) is 6.32. The van der Waals surface area contributed by atoms with Crippen molar-refractivity contribution < 1.29 is 20.1 Å². The van der Waals surface area contributed by atoms with Gasteiger partial charge in [-0.1, -0.05) is 30.3 Å². The molecule has 0 bridgehead atoms. The topological polar surface area (TPSA) is 69.9 Å². The van der Waals surface area contributed by atoms with E-state index in [0.717, 1.165) is 0 Å². The van der Waals surface area contributed by atoms with Crippen molar-refractivity contribution >= 4 is 0 Å². The summed E-state index contributed by atoms with van der Waals surface area (Å²) in [5.74, 6) is 0.125. The summed E-state index contributed by atoms with van der Waals surface area (Å²) >= 11 is 0. The monoisotopic (exact) mass is 260 g/mol. The van der Waals surface area contributed by atoms with Gasteiger partial charge in [0, 0.05) is 6.08 Å². The van der Waals surface area contributed by atoms with E-state index in [4.69, 9.17) is 4.74 Å². The van der Waals surface area contributed by atoms with Crippen molar-refractivity contribution in [2.75, 3.05) is 6.61 Å². The van der Waals surface area contributed by atoms with Crippen LogP contribution < -0.4 is 0 Å². The van der Waals surface area contributed by atoms with E-state index >= 15 is 0 Å². The molecule has 3 rings (SSSR count). The zero-order valence-corrected chi connectivity index (χ0v) is 10.4. The van der Waals surface area contributed by atoms with Gasteiger partial charge in [-0.05, 0) is 18.1 Å². The van der Waals surface area contributed by atoms with Crippen molar-refractivity contribution in [1.82, 2.24) is 0 Å². The minimum atomic E-state index is -1.35. The van der Waals surface area contributed by atoms with Crippen molar-refractivity contribution in [1.29, 1.82) is 0 Å². The van der Waals surface area contributed by atoms with Crippen molar-refractivity contribution in [2.24, 2.45) is 5.92 Å². The third-order valence-corrected chi connectivity index (χ3v) is 3.72. The average Bonchev–Trinajstić information content (AvgIpc) is 2.41. The molecule has 100 valence electrons. The van der Waals surface area contributed by atoms with Gasteiger partial charge in [0.1, 0.15) is 23.7 Å². The SMILES string of the molecule is OC1=CC(O)(c2ccccc2)C2CC(O)COC2=C1. The Hall–Kier alpha value is -1.78. The van der Waals surface area contributed by atoms with Gasteiger partial charge in [-0.3, -0.25) is 0 Å². The number of hydrogen-bond acceptors (Lipinski definition) is 4. The Bertz CT molecular complexity index is 534. The average molecular weight is 260 g/mol. The van der Waals surface area contributed by atoms with E-state index in [9.17, 15) is 15.3 Å². The molecule has 1 aromatic carbocycles. The highest BCUT2D eigenvalue weighted by molar-refractivity contribution is 5.38. The molecule has 1 aliphatic carbocycles. The maximum Gasteiger partial charge on any atom is 0.121 e. The summed E-state index contributed by atoms with van der Waals surface area (Å²) in [6, 6.07) is 9.12. The van der Waals surface area contributed by atoms with Crippen LogP contribution in [0.15, 0.2) is 54.0 Å². The number of fused-ring (bicyclic) bond motifs is 1. The smallest absolute Gasteiger partial charge is 0.121 e. The number of allylic oxidation sites excluding steroid dienone is 1. The van der Waals surface area contributed by atoms with Gasteiger partial charge in [-0.15, -0.1) is 0 Å². The molecule has 0 aromatic heterocycles. The van der Waals surface area contributed by atoms with Gasteiger partial charge in [0.25, 0.3) is 0 Å². The summed E-state index contributed by atoms with van der Waals surface area (Å²) in [6.07, 6.45) is 2.72. The third-order valence-electron chi connectivity index (χ3n) is 3.72. The zero-order valence-electron chi connectivity index (χ0n) is 10.4. The van der Waals surface area contributed by atoms with Crippen LogP contribution in [0.3, 0.4) is 0 Å². The molecule has 1 aliphatic heterocycles. The van der Waals surface area contributed by atoms with Crippen molar-refractivity contribution in [2.45, 2.75) is 18.1 Å². The Morgan fingerprint density at radius 2 is 1.95 bits per heavy atom. The minimum absolute atomic E-state index is 0.0195. The fourth-order valence-electron chi connectivity index (χ4n) is 2.79. The molecule has 3 unspecified atom stereocenters. The number of hydrogen-bond donors (Lipinski definition) is 3. The van der Waals surface area contributed by atoms with Gasteiger partial charge in [0.05, 0.1) is 12.0 Å². The standard InChI is InChI=1S/C15H16O4/c16-11-7-14-13(6-12(17)9-19-14)15(18,8-11)10-4-2-1-3-5-10/h1-5,7-8,12-13,16-18H,6,9H2. The summed E-state index contributed by atoms with van der Waals surface area (Å²) in [5, 5.41) is 30.5. The van der Waals surface area contributed by atoms with Crippen molar-refractivity contribution in [3.63, 3.8) is 0 Å². The Labute approximate surface area is 111 Å². The molecule has 3 N–H and O–H groups in total. The van der Waals surface area contributed by atoms with Gasteiger partial charge in [-0.25, -0.2) is 0 Å². The second-order valence-electron chi connectivity index (χ2n) is 5.06. The molecular formula is C15H16O4. The number of benzene rings is 1. The highest BCUT2D eigenvalue weighted by Gasteiger charge is 2.45. The lowest BCUT2D eigenvalue weighted by molar-refractivity contribution is -0.0659. The van der Waals surface area contributed by atoms with Gasteiger partial charge in [-0.2, -0.15) is 0 Å². The lowest BCUT2D eigenvalue weighted by Gasteiger charge is -2.41. The van der Waals surface area contributed by atoms with E-state index < -0.39 is 11.7 Å². The predicted octanol–water partition coefficient (Wildman–Crippen LogP) is 1.61. The summed E-state index contributed by atoms with van der Waals surface area (Å²) < 4.78 is 5.43. The minimum Gasteiger partial charge on any atom is -0.508 e. The van der Waals surface area contributed by atoms with Crippen LogP contribution in [0.25, 0.3) is 0 Å². The molecule has 3 atom stereocenters. The quantitative estimate of drug-likeness (QED) is 0.717. The van der Waals surface area contributed by atoms with Gasteiger partial charge in [0.15, 0.2) is 0 Å². The Kier molecular flexibility index (Phi) is 2.84. The van der Waals surface area contributed by atoms with Crippen LogP contribution in [0.1, 0.15) is 12.0 Å². The van der Waals surface area contributed by atoms with E-state index in [1.165, 1.54) is 12.2 Å². The van der Waals surface area contributed by atoms with Crippen LogP contribution in [-0.4, -0.2) is 28.0 Å². The van der Waals surface area contributed by atoms with Crippen LogP contribution in [0.4, 0.5) is 0 Å². The number of aliphatic hydroxyl groups excluding tert-OH is 2. The summed E-state index contributed by atoms with van der Waals surface area (Å²) in [7, 11) is 0. The van der Waals surface area contributed by atoms with Crippen molar-refractivity contribution in [3.8, 4) is 0 Å². The zero-order chi connectivity index (χ0) is 13.5. The second kappa shape index (κ2) is 4.40. The molecule has 1 fully saturated rings. The molecule has 1 aromatic rings. The number of ether oxygens (including phenoxy) is 1. The highest BCUT2D eigenvalue weighted by Crippen LogP contribution is 2.44.